The normalized spacial score (nSPS) is 34.5. The molecule has 3 heteroatoms. The van der Waals surface area contributed by atoms with E-state index < -0.39 is 12.1 Å². The van der Waals surface area contributed by atoms with E-state index in [9.17, 15) is 4.79 Å². The van der Waals surface area contributed by atoms with Gasteiger partial charge in [0.2, 0.25) is 0 Å². The Bertz CT molecular complexity index is 196. The minimum atomic E-state index is -0.791. The third-order valence-corrected chi connectivity index (χ3v) is 3.12. The van der Waals surface area contributed by atoms with E-state index in [1.165, 1.54) is 32.1 Å². The monoisotopic (exact) mass is 184 g/mol. The first-order valence-corrected chi connectivity index (χ1v) is 5.15. The maximum absolute atomic E-state index is 10.5. The number of carbonyl (C=O) groups is 1. The van der Waals surface area contributed by atoms with Crippen LogP contribution in [-0.2, 0) is 9.53 Å². The van der Waals surface area contributed by atoms with Crippen LogP contribution >= 0.6 is 0 Å². The predicted octanol–water partition coefficient (Wildman–Crippen LogP) is 1.81. The van der Waals surface area contributed by atoms with Gasteiger partial charge < -0.3 is 9.84 Å². The van der Waals surface area contributed by atoms with Gasteiger partial charge in [0.15, 0.2) is 6.10 Å². The molecule has 0 amide bonds. The van der Waals surface area contributed by atoms with Crippen molar-refractivity contribution < 1.29 is 14.6 Å². The van der Waals surface area contributed by atoms with E-state index >= 15 is 0 Å². The topological polar surface area (TPSA) is 49.8 Å². The first-order valence-electron chi connectivity index (χ1n) is 5.15. The Morgan fingerprint density at radius 3 is 2.54 bits per heavy atom. The van der Waals surface area contributed by atoms with Crippen LogP contribution in [0.15, 0.2) is 0 Å². The quantitative estimate of drug-likeness (QED) is 0.680. The van der Waals surface area contributed by atoms with Crippen molar-refractivity contribution in [3.05, 3.63) is 0 Å². The Morgan fingerprint density at radius 1 is 1.31 bits per heavy atom. The molecule has 0 radical (unpaired) electrons. The molecule has 1 aliphatic carbocycles. The molecule has 1 heterocycles. The zero-order valence-corrected chi connectivity index (χ0v) is 7.74. The fraction of sp³-hybridized carbons (Fsp3) is 0.900. The van der Waals surface area contributed by atoms with Crippen LogP contribution in [0.4, 0.5) is 0 Å². The highest BCUT2D eigenvalue weighted by Crippen LogP contribution is 2.35. The minimum absolute atomic E-state index is 0.0283. The van der Waals surface area contributed by atoms with Crippen LogP contribution in [0.5, 0.6) is 0 Å². The van der Waals surface area contributed by atoms with Gasteiger partial charge in [0.25, 0.3) is 0 Å². The predicted molar refractivity (Wildman–Crippen MR) is 47.5 cm³/mol. The first-order chi connectivity index (χ1) is 6.27. The summed E-state index contributed by atoms with van der Waals surface area (Å²) in [5.74, 6) is -0.0658. The van der Waals surface area contributed by atoms with Gasteiger partial charge >= 0.3 is 5.97 Å². The third-order valence-electron chi connectivity index (χ3n) is 3.12. The highest BCUT2D eigenvalue weighted by atomic mass is 16.6. The second-order valence-electron chi connectivity index (χ2n) is 4.17. The van der Waals surface area contributed by atoms with Gasteiger partial charge in [-0.25, -0.2) is 4.79 Å². The summed E-state index contributed by atoms with van der Waals surface area (Å²) >= 11 is 0. The molecule has 1 aliphatic heterocycles. The van der Waals surface area contributed by atoms with Crippen molar-refractivity contribution in [3.8, 4) is 0 Å². The summed E-state index contributed by atoms with van der Waals surface area (Å²) in [4.78, 5) is 10.5. The van der Waals surface area contributed by atoms with Gasteiger partial charge in [-0.3, -0.25) is 0 Å². The minimum Gasteiger partial charge on any atom is -0.479 e. The van der Waals surface area contributed by atoms with Crippen molar-refractivity contribution in [2.75, 3.05) is 0 Å². The van der Waals surface area contributed by atoms with E-state index in [0.29, 0.717) is 0 Å². The SMILES string of the molecule is O=C(O)[C@@H]1O[C@H]1CC1CCCCC1. The van der Waals surface area contributed by atoms with Crippen molar-refractivity contribution in [1.82, 2.24) is 0 Å². The molecule has 0 aromatic rings. The van der Waals surface area contributed by atoms with Gasteiger partial charge in [-0.1, -0.05) is 32.1 Å². The lowest BCUT2D eigenvalue weighted by Gasteiger charge is -2.20. The molecule has 2 fully saturated rings. The van der Waals surface area contributed by atoms with Crippen molar-refractivity contribution in [3.63, 3.8) is 0 Å². The molecule has 74 valence electrons. The van der Waals surface area contributed by atoms with E-state index in [4.69, 9.17) is 9.84 Å². The van der Waals surface area contributed by atoms with Gasteiger partial charge in [0.1, 0.15) is 0 Å². The summed E-state index contributed by atoms with van der Waals surface area (Å²) in [5, 5.41) is 8.63. The van der Waals surface area contributed by atoms with Gasteiger partial charge in [0.05, 0.1) is 6.10 Å². The molecule has 0 aromatic carbocycles. The lowest BCUT2D eigenvalue weighted by molar-refractivity contribution is -0.138. The van der Waals surface area contributed by atoms with Crippen molar-refractivity contribution in [2.24, 2.45) is 5.92 Å². The lowest BCUT2D eigenvalue weighted by atomic mass is 9.86. The molecule has 2 atom stereocenters. The standard InChI is InChI=1S/C10H16O3/c11-10(12)9-8(13-9)6-7-4-2-1-3-5-7/h7-9H,1-6H2,(H,11,12)/t8-,9+/m0/s1. The van der Waals surface area contributed by atoms with Crippen molar-refractivity contribution >= 4 is 5.97 Å². The van der Waals surface area contributed by atoms with E-state index in [1.54, 1.807) is 0 Å². The maximum Gasteiger partial charge on any atom is 0.335 e. The van der Waals surface area contributed by atoms with E-state index in [2.05, 4.69) is 0 Å². The molecule has 0 unspecified atom stereocenters. The number of hydrogen-bond donors (Lipinski definition) is 1. The molecular weight excluding hydrogens is 168 g/mol. The summed E-state index contributed by atoms with van der Waals surface area (Å²) in [6, 6.07) is 0. The molecule has 3 nitrogen and oxygen atoms in total. The van der Waals surface area contributed by atoms with Gasteiger partial charge in [-0.05, 0) is 12.3 Å². The van der Waals surface area contributed by atoms with Gasteiger partial charge in [-0.2, -0.15) is 0 Å². The Balaban J connectivity index is 1.70. The lowest BCUT2D eigenvalue weighted by Crippen LogP contribution is -2.13. The zero-order chi connectivity index (χ0) is 9.26. The van der Waals surface area contributed by atoms with Crippen molar-refractivity contribution in [1.29, 1.82) is 0 Å². The zero-order valence-electron chi connectivity index (χ0n) is 7.74. The Labute approximate surface area is 78.1 Å². The number of hydrogen-bond acceptors (Lipinski definition) is 2. The average Bonchev–Trinajstić information content (AvgIpc) is 2.86. The number of rotatable bonds is 3. The number of epoxide rings is 1. The fourth-order valence-corrected chi connectivity index (χ4v) is 2.29. The van der Waals surface area contributed by atoms with E-state index in [-0.39, 0.29) is 6.10 Å². The third kappa shape index (κ3) is 2.21. The molecular formula is C10H16O3. The van der Waals surface area contributed by atoms with Crippen LogP contribution in [0.25, 0.3) is 0 Å². The van der Waals surface area contributed by atoms with Crippen LogP contribution in [-0.4, -0.2) is 23.3 Å². The fourth-order valence-electron chi connectivity index (χ4n) is 2.29. The van der Waals surface area contributed by atoms with E-state index in [1.807, 2.05) is 0 Å². The summed E-state index contributed by atoms with van der Waals surface area (Å²) in [6.07, 6.45) is 7.03. The molecule has 2 aliphatic rings. The molecule has 1 saturated carbocycles. The number of aliphatic carboxylic acids is 1. The number of ether oxygens (including phenoxy) is 1. The van der Waals surface area contributed by atoms with E-state index in [0.717, 1.165) is 12.3 Å². The molecule has 0 spiro atoms. The highest BCUT2D eigenvalue weighted by molar-refractivity contribution is 5.75. The first kappa shape index (κ1) is 9.00. The van der Waals surface area contributed by atoms with Crippen LogP contribution in [0.3, 0.4) is 0 Å². The smallest absolute Gasteiger partial charge is 0.335 e. The van der Waals surface area contributed by atoms with Crippen LogP contribution < -0.4 is 0 Å². The molecule has 13 heavy (non-hydrogen) atoms. The Morgan fingerprint density at radius 2 is 2.00 bits per heavy atom. The summed E-state index contributed by atoms with van der Waals surface area (Å²) in [5.41, 5.74) is 0. The van der Waals surface area contributed by atoms with Gasteiger partial charge in [-0.15, -0.1) is 0 Å². The Kier molecular flexibility index (Phi) is 2.54. The molecule has 1 N–H and O–H groups in total. The molecule has 0 bridgehead atoms. The maximum atomic E-state index is 10.5. The largest absolute Gasteiger partial charge is 0.479 e. The highest BCUT2D eigenvalue weighted by Gasteiger charge is 2.45. The van der Waals surface area contributed by atoms with Crippen molar-refractivity contribution in [2.45, 2.75) is 50.7 Å². The summed E-state index contributed by atoms with van der Waals surface area (Å²) in [7, 11) is 0. The Hall–Kier alpha value is -0.570. The van der Waals surface area contributed by atoms with Crippen LogP contribution in [0, 0.1) is 5.92 Å². The second-order valence-corrected chi connectivity index (χ2v) is 4.17. The molecule has 0 aromatic heterocycles. The number of carboxylic acids is 1. The summed E-state index contributed by atoms with van der Waals surface area (Å²) in [6.45, 7) is 0. The second kappa shape index (κ2) is 3.66. The van der Waals surface area contributed by atoms with Crippen LogP contribution in [0.1, 0.15) is 38.5 Å². The molecule has 1 saturated heterocycles. The van der Waals surface area contributed by atoms with Crippen LogP contribution in [0.2, 0.25) is 0 Å². The summed E-state index contributed by atoms with van der Waals surface area (Å²) < 4.78 is 5.08. The molecule has 2 rings (SSSR count). The average molecular weight is 184 g/mol. The number of carboxylic acid groups (broad SMARTS) is 1. The van der Waals surface area contributed by atoms with Gasteiger partial charge in [0, 0.05) is 0 Å².